The summed E-state index contributed by atoms with van der Waals surface area (Å²) in [4.78, 5) is 0. The highest BCUT2D eigenvalue weighted by molar-refractivity contribution is 5.87. The lowest BCUT2D eigenvalue weighted by Crippen LogP contribution is -1.88. The van der Waals surface area contributed by atoms with Gasteiger partial charge in [-0.15, -0.1) is 0 Å². The van der Waals surface area contributed by atoms with E-state index in [1.807, 2.05) is 85.8 Å². The number of ether oxygens (including phenoxy) is 1. The van der Waals surface area contributed by atoms with Crippen LogP contribution in [0.2, 0.25) is 0 Å². The normalized spacial score (nSPS) is 10.3. The van der Waals surface area contributed by atoms with E-state index >= 15 is 0 Å². The predicted molar refractivity (Wildman–Crippen MR) is 131 cm³/mol. The Balaban J connectivity index is 0.000000401. The lowest BCUT2D eigenvalue weighted by Gasteiger charge is -2.14. The minimum Gasteiger partial charge on any atom is -0.507 e. The van der Waals surface area contributed by atoms with Crippen LogP contribution in [-0.2, 0) is 4.74 Å². The van der Waals surface area contributed by atoms with E-state index in [1.54, 1.807) is 0 Å². The number of phenols is 1. The van der Waals surface area contributed by atoms with Gasteiger partial charge in [0, 0.05) is 24.3 Å². The Bertz CT molecular complexity index is 977. The van der Waals surface area contributed by atoms with Crippen LogP contribution in [0.5, 0.6) is 5.75 Å². The van der Waals surface area contributed by atoms with Crippen LogP contribution >= 0.6 is 0 Å². The molecule has 2 nitrogen and oxygen atoms in total. The molecule has 0 atom stereocenters. The van der Waals surface area contributed by atoms with Crippen LogP contribution < -0.4 is 0 Å². The van der Waals surface area contributed by atoms with E-state index in [0.717, 1.165) is 53.0 Å². The van der Waals surface area contributed by atoms with E-state index in [1.165, 1.54) is 0 Å². The number of hydrogen-bond donors (Lipinski definition) is 1. The van der Waals surface area contributed by atoms with E-state index < -0.39 is 0 Å². The molecule has 0 spiro atoms. The molecule has 0 saturated carbocycles. The molecule has 0 unspecified atom stereocenters. The smallest absolute Gasteiger partial charge is 0.131 e. The van der Waals surface area contributed by atoms with Crippen molar-refractivity contribution in [3.63, 3.8) is 0 Å². The first-order chi connectivity index (χ1) is 15.2. The van der Waals surface area contributed by atoms with Crippen molar-refractivity contribution >= 4 is 0 Å². The molecule has 31 heavy (non-hydrogen) atoms. The first-order valence-electron chi connectivity index (χ1n) is 10.9. The molecule has 0 aromatic heterocycles. The number of aromatic hydroxyl groups is 1. The van der Waals surface area contributed by atoms with Gasteiger partial charge in [0.15, 0.2) is 0 Å². The summed E-state index contributed by atoms with van der Waals surface area (Å²) in [7, 11) is 0. The summed E-state index contributed by atoms with van der Waals surface area (Å²) in [5.41, 5.74) is 5.94. The summed E-state index contributed by atoms with van der Waals surface area (Å²) in [5.74, 6) is 0.317. The van der Waals surface area contributed by atoms with Crippen molar-refractivity contribution in [3.05, 3.63) is 103 Å². The number of phenolic OH excluding ortho intramolecular Hbond substituents is 1. The molecular formula is C29H30O2. The van der Waals surface area contributed by atoms with Gasteiger partial charge in [0.1, 0.15) is 5.75 Å². The predicted octanol–water partition coefficient (Wildman–Crippen LogP) is 7.83. The zero-order chi connectivity index (χ0) is 21.9. The average Bonchev–Trinajstić information content (AvgIpc) is 2.85. The highest BCUT2D eigenvalue weighted by Gasteiger charge is 2.14. The lowest BCUT2D eigenvalue weighted by molar-refractivity contribution is 0.148. The van der Waals surface area contributed by atoms with Gasteiger partial charge in [-0.2, -0.15) is 0 Å². The summed E-state index contributed by atoms with van der Waals surface area (Å²) >= 11 is 0. The maximum absolute atomic E-state index is 11.0. The molecule has 0 saturated heterocycles. The quantitative estimate of drug-likeness (QED) is 0.328. The zero-order valence-electron chi connectivity index (χ0n) is 18.3. The maximum Gasteiger partial charge on any atom is 0.131 e. The van der Waals surface area contributed by atoms with Gasteiger partial charge in [-0.3, -0.25) is 0 Å². The molecule has 158 valence electrons. The Morgan fingerprint density at radius 3 is 1.35 bits per heavy atom. The minimum absolute atomic E-state index is 0.317. The Hall–Kier alpha value is -3.36. The van der Waals surface area contributed by atoms with Crippen LogP contribution in [0.4, 0.5) is 0 Å². The first kappa shape index (κ1) is 22.3. The molecule has 0 fully saturated rings. The van der Waals surface area contributed by atoms with Gasteiger partial charge < -0.3 is 9.84 Å². The molecule has 4 aromatic carbocycles. The molecule has 0 aliphatic rings. The van der Waals surface area contributed by atoms with Crippen LogP contribution in [-0.4, -0.2) is 18.3 Å². The molecule has 2 heteroatoms. The van der Waals surface area contributed by atoms with Crippen LogP contribution in [0, 0.1) is 0 Å². The van der Waals surface area contributed by atoms with Crippen molar-refractivity contribution in [1.29, 1.82) is 0 Å². The van der Waals surface area contributed by atoms with Crippen molar-refractivity contribution in [2.75, 3.05) is 13.2 Å². The summed E-state index contributed by atoms with van der Waals surface area (Å²) in [6.07, 6.45) is 1.13. The largest absolute Gasteiger partial charge is 0.507 e. The second-order valence-electron chi connectivity index (χ2n) is 7.21. The van der Waals surface area contributed by atoms with Gasteiger partial charge in [-0.1, -0.05) is 97.9 Å². The fourth-order valence-corrected chi connectivity index (χ4v) is 3.40. The van der Waals surface area contributed by atoms with E-state index in [0.29, 0.717) is 5.75 Å². The van der Waals surface area contributed by atoms with Crippen molar-refractivity contribution in [2.45, 2.75) is 20.3 Å². The molecule has 1 N–H and O–H groups in total. The third-order valence-corrected chi connectivity index (χ3v) is 4.94. The SMILES string of the molecule is CCCOCC.Oc1c(-c2ccccc2)cc(-c2ccccc2)cc1-c1ccccc1. The van der Waals surface area contributed by atoms with Crippen molar-refractivity contribution in [2.24, 2.45) is 0 Å². The van der Waals surface area contributed by atoms with Crippen molar-refractivity contribution in [1.82, 2.24) is 0 Å². The van der Waals surface area contributed by atoms with Crippen LogP contribution in [0.15, 0.2) is 103 Å². The Morgan fingerprint density at radius 1 is 0.581 bits per heavy atom. The average molecular weight is 411 g/mol. The summed E-state index contributed by atoms with van der Waals surface area (Å²) in [6, 6.07) is 34.4. The van der Waals surface area contributed by atoms with Crippen LogP contribution in [0.3, 0.4) is 0 Å². The highest BCUT2D eigenvalue weighted by Crippen LogP contribution is 2.41. The van der Waals surface area contributed by atoms with Crippen molar-refractivity contribution < 1.29 is 9.84 Å². The lowest BCUT2D eigenvalue weighted by atomic mass is 9.92. The molecule has 0 amide bonds. The number of benzene rings is 4. The van der Waals surface area contributed by atoms with Gasteiger partial charge in [0.2, 0.25) is 0 Å². The monoisotopic (exact) mass is 410 g/mol. The molecular weight excluding hydrogens is 380 g/mol. The van der Waals surface area contributed by atoms with E-state index in [-0.39, 0.29) is 0 Å². The standard InChI is InChI=1S/C24H18O.C5H12O/c25-24-22(19-12-6-2-7-13-19)16-21(18-10-4-1-5-11-18)17-23(24)20-14-8-3-9-15-20;1-3-5-6-4-2/h1-17,25H;3-5H2,1-2H3. The molecule has 4 aromatic rings. The Labute approximate surface area is 185 Å². The second kappa shape index (κ2) is 11.7. The summed E-state index contributed by atoms with van der Waals surface area (Å²) < 4.78 is 4.98. The minimum atomic E-state index is 0.317. The van der Waals surface area contributed by atoms with E-state index in [4.69, 9.17) is 4.74 Å². The van der Waals surface area contributed by atoms with Crippen LogP contribution in [0.25, 0.3) is 33.4 Å². The first-order valence-corrected chi connectivity index (χ1v) is 10.9. The van der Waals surface area contributed by atoms with Gasteiger partial charge in [-0.05, 0) is 47.7 Å². The molecule has 0 aliphatic carbocycles. The number of hydrogen-bond acceptors (Lipinski definition) is 2. The zero-order valence-corrected chi connectivity index (χ0v) is 18.3. The molecule has 0 heterocycles. The Kier molecular flexibility index (Phi) is 8.45. The van der Waals surface area contributed by atoms with Gasteiger partial charge in [-0.25, -0.2) is 0 Å². The fraction of sp³-hybridized carbons (Fsp3) is 0.172. The van der Waals surface area contributed by atoms with Crippen LogP contribution in [0.1, 0.15) is 20.3 Å². The molecule has 4 rings (SSSR count). The van der Waals surface area contributed by atoms with E-state index in [9.17, 15) is 5.11 Å². The van der Waals surface area contributed by atoms with Gasteiger partial charge >= 0.3 is 0 Å². The van der Waals surface area contributed by atoms with Gasteiger partial charge in [0.05, 0.1) is 0 Å². The highest BCUT2D eigenvalue weighted by atomic mass is 16.5. The summed E-state index contributed by atoms with van der Waals surface area (Å²) in [5, 5.41) is 11.0. The molecule has 0 aliphatic heterocycles. The van der Waals surface area contributed by atoms with E-state index in [2.05, 4.69) is 31.2 Å². The second-order valence-corrected chi connectivity index (χ2v) is 7.21. The maximum atomic E-state index is 11.0. The van der Waals surface area contributed by atoms with Gasteiger partial charge in [0.25, 0.3) is 0 Å². The topological polar surface area (TPSA) is 29.5 Å². The Morgan fingerprint density at radius 2 is 1.00 bits per heavy atom. The summed E-state index contributed by atoms with van der Waals surface area (Å²) in [6.45, 7) is 5.88. The fourth-order valence-electron chi connectivity index (χ4n) is 3.40. The van der Waals surface area contributed by atoms with Crippen molar-refractivity contribution in [3.8, 4) is 39.1 Å². The molecule has 0 bridgehead atoms. The third kappa shape index (κ3) is 6.07. The number of rotatable bonds is 6. The third-order valence-electron chi connectivity index (χ3n) is 4.94. The molecule has 0 radical (unpaired) electrons.